The van der Waals surface area contributed by atoms with Crippen molar-refractivity contribution in [3.05, 3.63) is 282 Å². The van der Waals surface area contributed by atoms with Crippen molar-refractivity contribution in [3.63, 3.8) is 0 Å². The second-order valence-corrected chi connectivity index (χ2v) is 20.6. The lowest BCUT2D eigenvalue weighted by molar-refractivity contribution is 0.667. The predicted octanol–water partition coefficient (Wildman–Crippen LogP) is 18.7. The van der Waals surface area contributed by atoms with Crippen LogP contribution in [0.15, 0.2) is 249 Å². The molecule has 0 saturated heterocycles. The van der Waals surface area contributed by atoms with Crippen molar-refractivity contribution in [1.82, 2.24) is 0 Å². The molecule has 11 aromatic carbocycles. The van der Waals surface area contributed by atoms with Crippen LogP contribution in [0.3, 0.4) is 0 Å². The van der Waals surface area contributed by atoms with Crippen LogP contribution in [-0.2, 0) is 10.8 Å². The molecule has 2 heteroatoms. The van der Waals surface area contributed by atoms with Gasteiger partial charge in [-0.1, -0.05) is 220 Å². The van der Waals surface area contributed by atoms with Gasteiger partial charge in [0.2, 0.25) is 0 Å². The van der Waals surface area contributed by atoms with Crippen molar-refractivity contribution in [2.24, 2.45) is 0 Å². The first-order valence-corrected chi connectivity index (χ1v) is 25.2. The summed E-state index contributed by atoms with van der Waals surface area (Å²) in [7, 11) is 0. The summed E-state index contributed by atoms with van der Waals surface area (Å²) in [4.78, 5) is 2.55. The summed E-state index contributed by atoms with van der Waals surface area (Å²) in [5.74, 6) is 0. The van der Waals surface area contributed by atoms with Crippen LogP contribution in [0.1, 0.15) is 47.2 Å². The monoisotopic (exact) mass is 909 g/mol. The minimum absolute atomic E-state index is 0.215. The highest BCUT2D eigenvalue weighted by Crippen LogP contribution is 2.60. The summed E-state index contributed by atoms with van der Waals surface area (Å²) in [5.41, 5.74) is 20.5. The highest BCUT2D eigenvalue weighted by molar-refractivity contribution is 7.26. The van der Waals surface area contributed by atoms with E-state index < -0.39 is 5.41 Å². The second-order valence-electron chi connectivity index (χ2n) is 19.5. The quantitative estimate of drug-likeness (QED) is 0.154. The molecule has 0 spiro atoms. The fourth-order valence-electron chi connectivity index (χ4n) is 12.5. The maximum Gasteiger partial charge on any atom is 0.0714 e. The van der Waals surface area contributed by atoms with E-state index in [0.29, 0.717) is 0 Å². The maximum absolute atomic E-state index is 2.55. The molecule has 0 aliphatic heterocycles. The van der Waals surface area contributed by atoms with Gasteiger partial charge in [-0.05, 0) is 120 Å². The first-order valence-electron chi connectivity index (χ1n) is 24.4. The van der Waals surface area contributed by atoms with Crippen LogP contribution >= 0.6 is 11.3 Å². The Hall–Kier alpha value is -8.30. The highest BCUT2D eigenvalue weighted by atomic mass is 32.1. The van der Waals surface area contributed by atoms with E-state index >= 15 is 0 Å². The van der Waals surface area contributed by atoms with Gasteiger partial charge in [-0.2, -0.15) is 0 Å². The van der Waals surface area contributed by atoms with Crippen molar-refractivity contribution < 1.29 is 0 Å². The molecule has 1 nitrogen and oxygen atoms in total. The molecule has 0 radical (unpaired) electrons. The molecule has 330 valence electrons. The van der Waals surface area contributed by atoms with E-state index in [1.165, 1.54) is 109 Å². The van der Waals surface area contributed by atoms with Gasteiger partial charge in [-0.3, -0.25) is 0 Å². The topological polar surface area (TPSA) is 3.24 Å². The number of fused-ring (bicyclic) bond motifs is 12. The smallest absolute Gasteiger partial charge is 0.0714 e. The zero-order chi connectivity index (χ0) is 46.6. The third-order valence-corrected chi connectivity index (χ3v) is 16.7. The average molecular weight is 910 g/mol. The summed E-state index contributed by atoms with van der Waals surface area (Å²) in [6, 6.07) is 93.0. The number of benzene rings is 11. The molecule has 2 aliphatic rings. The Morgan fingerprint density at radius 1 is 0.357 bits per heavy atom. The number of thiophene rings is 1. The molecule has 0 N–H and O–H groups in total. The molecule has 0 saturated carbocycles. The molecule has 12 aromatic rings. The summed E-state index contributed by atoms with van der Waals surface area (Å²) in [5, 5.41) is 5.17. The van der Waals surface area contributed by atoms with Gasteiger partial charge in [0.15, 0.2) is 0 Å². The third-order valence-electron chi connectivity index (χ3n) is 15.5. The maximum atomic E-state index is 2.55. The molecule has 0 amide bonds. The lowest BCUT2D eigenvalue weighted by atomic mass is 9.67. The first-order chi connectivity index (χ1) is 34.5. The SMILES string of the molecule is CC1(C)c2ccc3c(sc4ccccc43)c2-c2cc(N(c3cccc(-c4cccc(-c5ccccc5)c4)c3)c3cccc(C4(c5ccccc5)c5ccccc5-c5ccccc54)c3)c3ccccc3c21. The van der Waals surface area contributed by atoms with Crippen LogP contribution in [0.4, 0.5) is 17.1 Å². The molecule has 1 heterocycles. The van der Waals surface area contributed by atoms with E-state index in [9.17, 15) is 0 Å². The zero-order valence-corrected chi connectivity index (χ0v) is 39.8. The van der Waals surface area contributed by atoms with Crippen molar-refractivity contribution in [1.29, 1.82) is 0 Å². The number of anilines is 3. The normalized spacial score (nSPS) is 13.8. The van der Waals surface area contributed by atoms with Gasteiger partial charge in [0.05, 0.1) is 11.1 Å². The van der Waals surface area contributed by atoms with E-state index in [1.54, 1.807) is 0 Å². The molecule has 0 atom stereocenters. The average Bonchev–Trinajstić information content (AvgIpc) is 4.03. The molecule has 1 aromatic heterocycles. The summed E-state index contributed by atoms with van der Waals surface area (Å²) >= 11 is 1.93. The minimum atomic E-state index is -0.550. The summed E-state index contributed by atoms with van der Waals surface area (Å²) < 4.78 is 2.69. The van der Waals surface area contributed by atoms with Crippen molar-refractivity contribution in [3.8, 4) is 44.5 Å². The van der Waals surface area contributed by atoms with Crippen LogP contribution in [0, 0.1) is 0 Å². The molecule has 14 rings (SSSR count). The van der Waals surface area contributed by atoms with Crippen molar-refractivity contribution >= 4 is 59.3 Å². The first kappa shape index (κ1) is 40.7. The van der Waals surface area contributed by atoms with E-state index in [0.717, 1.165) is 17.1 Å². The Labute approximate surface area is 413 Å². The Morgan fingerprint density at radius 3 is 1.64 bits per heavy atom. The molecule has 0 fully saturated rings. The second kappa shape index (κ2) is 15.6. The van der Waals surface area contributed by atoms with E-state index in [4.69, 9.17) is 0 Å². The molecular formula is C68H47NS. The third kappa shape index (κ3) is 5.90. The molecule has 0 bridgehead atoms. The van der Waals surface area contributed by atoms with Gasteiger partial charge in [-0.25, -0.2) is 0 Å². The molecular weight excluding hydrogens is 863 g/mol. The Morgan fingerprint density at radius 2 is 0.900 bits per heavy atom. The number of nitrogens with zero attached hydrogens (tertiary/aromatic N) is 1. The van der Waals surface area contributed by atoms with Crippen LogP contribution < -0.4 is 4.90 Å². The Kier molecular flexibility index (Phi) is 9.09. The standard InChI is InChI=1S/C68H47NS/c1-67(2)61-39-38-57-55-33-13-16-37-63(55)70-66(57)64(61)58-43-62(54-32-9-10-34-56(54)65(58)67)69(50-28-18-24-47(41-50)46-23-17-22-45(40-46)44-20-5-3-6-21-44)51-29-19-27-49(42-51)68(48-25-7-4-8-26-48)59-35-14-11-30-52(59)53-31-12-15-36-60(53)68/h3-43H,1-2H3. The van der Waals surface area contributed by atoms with Crippen LogP contribution in [-0.4, -0.2) is 0 Å². The number of rotatable bonds is 7. The van der Waals surface area contributed by atoms with Crippen LogP contribution in [0.2, 0.25) is 0 Å². The van der Waals surface area contributed by atoms with Gasteiger partial charge in [0, 0.05) is 47.9 Å². The van der Waals surface area contributed by atoms with Crippen LogP contribution in [0.5, 0.6) is 0 Å². The predicted molar refractivity (Wildman–Crippen MR) is 297 cm³/mol. The minimum Gasteiger partial charge on any atom is -0.310 e. The van der Waals surface area contributed by atoms with Crippen LogP contribution in [0.25, 0.3) is 75.5 Å². The number of hydrogen-bond acceptors (Lipinski definition) is 2. The van der Waals surface area contributed by atoms with Crippen molar-refractivity contribution in [2.75, 3.05) is 4.90 Å². The van der Waals surface area contributed by atoms with Gasteiger partial charge in [0.1, 0.15) is 0 Å². The highest BCUT2D eigenvalue weighted by Gasteiger charge is 2.46. The fourth-order valence-corrected chi connectivity index (χ4v) is 13.7. The van der Waals surface area contributed by atoms with Crippen molar-refractivity contribution in [2.45, 2.75) is 24.7 Å². The lowest BCUT2D eigenvalue weighted by Crippen LogP contribution is -2.28. The van der Waals surface area contributed by atoms with Gasteiger partial charge >= 0.3 is 0 Å². The van der Waals surface area contributed by atoms with E-state index in [-0.39, 0.29) is 5.41 Å². The van der Waals surface area contributed by atoms with Gasteiger partial charge < -0.3 is 4.90 Å². The van der Waals surface area contributed by atoms with E-state index in [1.807, 2.05) is 11.3 Å². The molecule has 2 aliphatic carbocycles. The Balaban J connectivity index is 1.05. The molecule has 0 unspecified atom stereocenters. The fraction of sp³-hybridized carbons (Fsp3) is 0.0588. The lowest BCUT2D eigenvalue weighted by Gasteiger charge is -2.35. The summed E-state index contributed by atoms with van der Waals surface area (Å²) in [6.07, 6.45) is 0. The molecule has 70 heavy (non-hydrogen) atoms. The van der Waals surface area contributed by atoms with E-state index in [2.05, 4.69) is 267 Å². The largest absolute Gasteiger partial charge is 0.310 e. The number of hydrogen-bond donors (Lipinski definition) is 0. The summed E-state index contributed by atoms with van der Waals surface area (Å²) in [6.45, 7) is 4.86. The van der Waals surface area contributed by atoms with Gasteiger partial charge in [-0.15, -0.1) is 11.3 Å². The zero-order valence-electron chi connectivity index (χ0n) is 39.0. The Bertz CT molecular complexity index is 4000. The van der Waals surface area contributed by atoms with Gasteiger partial charge in [0.25, 0.3) is 0 Å².